The summed E-state index contributed by atoms with van der Waals surface area (Å²) in [4.78, 5) is 13.1. The number of nitrogens with zero attached hydrogens (tertiary/aromatic N) is 2. The van der Waals surface area contributed by atoms with E-state index in [1.165, 1.54) is 16.2 Å². The lowest BCUT2D eigenvalue weighted by Crippen LogP contribution is -2.26. The highest BCUT2D eigenvalue weighted by molar-refractivity contribution is 9.12. The molecule has 0 radical (unpaired) electrons. The summed E-state index contributed by atoms with van der Waals surface area (Å²) in [5.74, 6) is -0.152. The fourth-order valence-corrected chi connectivity index (χ4v) is 3.65. The molecule has 74 valence electrons. The van der Waals surface area contributed by atoms with Crippen molar-refractivity contribution < 1.29 is 4.79 Å². The smallest absolute Gasteiger partial charge is 0.256 e. The first kappa shape index (κ1) is 11.7. The average molecular weight is 338 g/mol. The van der Waals surface area contributed by atoms with Crippen molar-refractivity contribution in [2.24, 2.45) is 0 Å². The third kappa shape index (κ3) is 2.56. The van der Waals surface area contributed by atoms with E-state index in [0.717, 1.165) is 7.57 Å². The van der Waals surface area contributed by atoms with Gasteiger partial charge in [0.2, 0.25) is 0 Å². The highest BCUT2D eigenvalue weighted by Crippen LogP contribution is 2.32. The predicted octanol–water partition coefficient (Wildman–Crippen LogP) is 2.87. The number of rotatable bonds is 2. The summed E-state index contributed by atoms with van der Waals surface area (Å²) in [6.07, 6.45) is 0. The van der Waals surface area contributed by atoms with Gasteiger partial charge in [0.05, 0.1) is 19.2 Å². The Morgan fingerprint density at radius 2 is 2.36 bits per heavy atom. The minimum atomic E-state index is -0.152. The Kier molecular flexibility index (Phi) is 4.11. The lowest BCUT2D eigenvalue weighted by atomic mass is 10.3. The van der Waals surface area contributed by atoms with Gasteiger partial charge in [-0.3, -0.25) is 4.79 Å². The second-order valence-corrected chi connectivity index (χ2v) is 6.31. The minimum Gasteiger partial charge on any atom is -0.328 e. The molecule has 0 aliphatic heterocycles. The quantitative estimate of drug-likeness (QED) is 0.779. The summed E-state index contributed by atoms with van der Waals surface area (Å²) in [6.45, 7) is 0.0960. The van der Waals surface area contributed by atoms with Crippen molar-refractivity contribution in [3.63, 3.8) is 0 Å². The van der Waals surface area contributed by atoms with E-state index < -0.39 is 0 Å². The molecule has 0 atom stereocenters. The molecule has 1 rings (SSSR count). The first-order chi connectivity index (χ1) is 6.56. The van der Waals surface area contributed by atoms with Gasteiger partial charge in [-0.15, -0.1) is 11.3 Å². The largest absolute Gasteiger partial charge is 0.328 e. The predicted molar refractivity (Wildman–Crippen MR) is 62.3 cm³/mol. The van der Waals surface area contributed by atoms with Crippen LogP contribution in [-0.2, 0) is 0 Å². The number of nitriles is 1. The van der Waals surface area contributed by atoms with Crippen molar-refractivity contribution in [3.05, 3.63) is 19.2 Å². The van der Waals surface area contributed by atoms with E-state index in [1.807, 2.05) is 6.07 Å². The fourth-order valence-electron chi connectivity index (χ4n) is 0.870. The van der Waals surface area contributed by atoms with Gasteiger partial charge >= 0.3 is 0 Å². The first-order valence-corrected chi connectivity index (χ1v) is 6.03. The molecule has 0 saturated heterocycles. The maximum Gasteiger partial charge on any atom is 0.256 e. The summed E-state index contributed by atoms with van der Waals surface area (Å²) < 4.78 is 1.66. The molecule has 0 spiro atoms. The number of halogens is 2. The SMILES string of the molecule is CN(CC#N)C(=O)c1cc(Br)sc1Br. The average Bonchev–Trinajstić information content (AvgIpc) is 2.44. The van der Waals surface area contributed by atoms with Crippen molar-refractivity contribution in [2.75, 3.05) is 13.6 Å². The number of carbonyl (C=O) groups excluding carboxylic acids is 1. The number of hydrogen-bond donors (Lipinski definition) is 0. The van der Waals surface area contributed by atoms with E-state index >= 15 is 0 Å². The highest BCUT2D eigenvalue weighted by Gasteiger charge is 2.16. The number of hydrogen-bond acceptors (Lipinski definition) is 3. The van der Waals surface area contributed by atoms with Gasteiger partial charge in [-0.05, 0) is 37.9 Å². The molecule has 1 aromatic rings. The van der Waals surface area contributed by atoms with Crippen molar-refractivity contribution >= 4 is 49.1 Å². The van der Waals surface area contributed by atoms with Crippen molar-refractivity contribution in [2.45, 2.75) is 0 Å². The molecule has 1 amide bonds. The lowest BCUT2D eigenvalue weighted by Gasteiger charge is -2.11. The van der Waals surface area contributed by atoms with E-state index in [2.05, 4.69) is 31.9 Å². The van der Waals surface area contributed by atoms with Crippen LogP contribution in [0.5, 0.6) is 0 Å². The third-order valence-electron chi connectivity index (χ3n) is 1.54. The maximum absolute atomic E-state index is 11.7. The van der Waals surface area contributed by atoms with Crippen molar-refractivity contribution in [1.29, 1.82) is 5.26 Å². The number of amides is 1. The van der Waals surface area contributed by atoms with Crippen LogP contribution in [0.1, 0.15) is 10.4 Å². The standard InChI is InChI=1S/C8H6Br2N2OS/c1-12(3-2-11)8(13)5-4-6(9)14-7(5)10/h4H,3H2,1H3. The molecule has 1 heterocycles. The van der Waals surface area contributed by atoms with Crippen molar-refractivity contribution in [1.82, 2.24) is 4.90 Å². The summed E-state index contributed by atoms with van der Waals surface area (Å²) >= 11 is 8.02. The second kappa shape index (κ2) is 4.91. The van der Waals surface area contributed by atoms with E-state index in [1.54, 1.807) is 13.1 Å². The van der Waals surface area contributed by atoms with Crippen LogP contribution >= 0.6 is 43.2 Å². The Balaban J connectivity index is 2.90. The Bertz CT molecular complexity index is 397. The van der Waals surface area contributed by atoms with Crippen LogP contribution in [0, 0.1) is 11.3 Å². The summed E-state index contributed by atoms with van der Waals surface area (Å²) in [5, 5.41) is 8.44. The zero-order valence-electron chi connectivity index (χ0n) is 7.25. The summed E-state index contributed by atoms with van der Waals surface area (Å²) in [7, 11) is 1.60. The molecule has 0 bridgehead atoms. The normalized spacial score (nSPS) is 9.57. The van der Waals surface area contributed by atoms with E-state index in [4.69, 9.17) is 5.26 Å². The molecular weight excluding hydrogens is 332 g/mol. The Morgan fingerprint density at radius 1 is 1.71 bits per heavy atom. The Hall–Kier alpha value is -0.380. The molecule has 0 aromatic carbocycles. The monoisotopic (exact) mass is 336 g/mol. The van der Waals surface area contributed by atoms with Gasteiger partial charge in [0.15, 0.2) is 0 Å². The third-order valence-corrected chi connectivity index (χ3v) is 3.88. The second-order valence-electron chi connectivity index (χ2n) is 2.56. The Labute approximate surface area is 103 Å². The summed E-state index contributed by atoms with van der Waals surface area (Å²) in [5.41, 5.74) is 0.583. The molecule has 0 unspecified atom stereocenters. The van der Waals surface area contributed by atoms with Crippen LogP contribution < -0.4 is 0 Å². The molecule has 0 saturated carbocycles. The van der Waals surface area contributed by atoms with Gasteiger partial charge in [-0.1, -0.05) is 0 Å². The topological polar surface area (TPSA) is 44.1 Å². The van der Waals surface area contributed by atoms with Gasteiger partial charge in [-0.2, -0.15) is 5.26 Å². The number of carbonyl (C=O) groups is 1. The maximum atomic E-state index is 11.7. The van der Waals surface area contributed by atoms with Gasteiger partial charge in [-0.25, -0.2) is 0 Å². The molecular formula is C8H6Br2N2OS. The molecule has 6 heteroatoms. The molecule has 14 heavy (non-hydrogen) atoms. The molecule has 3 nitrogen and oxygen atoms in total. The lowest BCUT2D eigenvalue weighted by molar-refractivity contribution is 0.0811. The van der Waals surface area contributed by atoms with Crippen LogP contribution in [0.25, 0.3) is 0 Å². The van der Waals surface area contributed by atoms with Gasteiger partial charge < -0.3 is 4.90 Å². The zero-order valence-corrected chi connectivity index (χ0v) is 11.2. The first-order valence-electron chi connectivity index (χ1n) is 3.63. The molecule has 1 aromatic heterocycles. The van der Waals surface area contributed by atoms with Crippen LogP contribution in [0.15, 0.2) is 13.6 Å². The molecule has 0 aliphatic carbocycles. The van der Waals surface area contributed by atoms with Crippen LogP contribution in [0.4, 0.5) is 0 Å². The van der Waals surface area contributed by atoms with E-state index in [0.29, 0.717) is 5.56 Å². The van der Waals surface area contributed by atoms with Crippen molar-refractivity contribution in [3.8, 4) is 6.07 Å². The summed E-state index contributed by atoms with van der Waals surface area (Å²) in [6, 6.07) is 3.67. The fraction of sp³-hybridized carbons (Fsp3) is 0.250. The van der Waals surface area contributed by atoms with Gasteiger partial charge in [0, 0.05) is 7.05 Å². The van der Waals surface area contributed by atoms with Crippen LogP contribution in [0.3, 0.4) is 0 Å². The highest BCUT2D eigenvalue weighted by atomic mass is 79.9. The molecule has 0 fully saturated rings. The van der Waals surface area contributed by atoms with Crippen LogP contribution in [-0.4, -0.2) is 24.4 Å². The zero-order chi connectivity index (χ0) is 10.7. The van der Waals surface area contributed by atoms with Gasteiger partial charge in [0.1, 0.15) is 6.54 Å². The minimum absolute atomic E-state index is 0.0960. The van der Waals surface area contributed by atoms with E-state index in [-0.39, 0.29) is 12.5 Å². The van der Waals surface area contributed by atoms with E-state index in [9.17, 15) is 4.79 Å². The molecule has 0 aliphatic rings. The van der Waals surface area contributed by atoms with Crippen LogP contribution in [0.2, 0.25) is 0 Å². The molecule has 0 N–H and O–H groups in total. The van der Waals surface area contributed by atoms with Gasteiger partial charge in [0.25, 0.3) is 5.91 Å². The number of thiophene rings is 1. The Morgan fingerprint density at radius 3 is 2.79 bits per heavy atom.